The molecule has 0 bridgehead atoms. The number of rotatable bonds is 7. The van der Waals surface area contributed by atoms with Crippen molar-refractivity contribution in [2.45, 2.75) is 82.4 Å². The zero-order chi connectivity index (χ0) is 23.2. The van der Waals surface area contributed by atoms with E-state index in [1.807, 2.05) is 19.2 Å². The number of ether oxygens (including phenoxy) is 1. The molecule has 1 heterocycles. The molecule has 0 aliphatic heterocycles. The van der Waals surface area contributed by atoms with Crippen molar-refractivity contribution < 1.29 is 9.84 Å². The van der Waals surface area contributed by atoms with Crippen molar-refractivity contribution >= 4 is 35.1 Å². The first kappa shape index (κ1) is 23.8. The van der Waals surface area contributed by atoms with E-state index < -0.39 is 0 Å². The second kappa shape index (κ2) is 11.2. The van der Waals surface area contributed by atoms with Crippen LogP contribution in [0.3, 0.4) is 0 Å². The van der Waals surface area contributed by atoms with Gasteiger partial charge in [-0.1, -0.05) is 37.3 Å². The molecule has 2 fully saturated rings. The Morgan fingerprint density at radius 2 is 1.67 bits per heavy atom. The number of methoxy groups -OCH3 is 1. The Balaban J connectivity index is 1.58. The zero-order valence-electron chi connectivity index (χ0n) is 19.6. The molecule has 0 radical (unpaired) electrons. The van der Waals surface area contributed by atoms with Crippen LogP contribution in [0.5, 0.6) is 5.75 Å². The van der Waals surface area contributed by atoms with Crippen LogP contribution in [0.2, 0.25) is 5.02 Å². The third-order valence-corrected chi connectivity index (χ3v) is 7.04. The minimum Gasteiger partial charge on any atom is -0.495 e. The molecule has 2 aromatic rings. The zero-order valence-corrected chi connectivity index (χ0v) is 20.3. The SMILES string of the molecule is COc1ccc(Nc2nc(NC3CCCCCC3)nc(N(C)C3CCC(O)CC3)n2)cc1Cl. The third kappa shape index (κ3) is 6.38. The Morgan fingerprint density at radius 1 is 0.970 bits per heavy atom. The fraction of sp³-hybridized carbons (Fsp3) is 0.625. The van der Waals surface area contributed by atoms with E-state index in [2.05, 4.69) is 20.5 Å². The number of hydrogen-bond donors (Lipinski definition) is 3. The van der Waals surface area contributed by atoms with Crippen LogP contribution in [0.25, 0.3) is 0 Å². The topological polar surface area (TPSA) is 95.4 Å². The molecular formula is C24H35ClN6O2. The molecule has 3 N–H and O–H groups in total. The highest BCUT2D eigenvalue weighted by Crippen LogP contribution is 2.30. The Morgan fingerprint density at radius 3 is 2.33 bits per heavy atom. The summed E-state index contributed by atoms with van der Waals surface area (Å²) in [4.78, 5) is 16.3. The summed E-state index contributed by atoms with van der Waals surface area (Å²) in [6.07, 6.45) is 10.6. The summed E-state index contributed by atoms with van der Waals surface area (Å²) < 4.78 is 5.25. The van der Waals surface area contributed by atoms with Crippen molar-refractivity contribution in [3.05, 3.63) is 23.2 Å². The van der Waals surface area contributed by atoms with Crippen molar-refractivity contribution in [1.82, 2.24) is 15.0 Å². The summed E-state index contributed by atoms with van der Waals surface area (Å²) >= 11 is 6.31. The average molecular weight is 475 g/mol. The van der Waals surface area contributed by atoms with E-state index >= 15 is 0 Å². The Labute approximate surface area is 201 Å². The van der Waals surface area contributed by atoms with Gasteiger partial charge in [0.2, 0.25) is 17.8 Å². The first-order chi connectivity index (χ1) is 16.0. The fourth-order valence-electron chi connectivity index (χ4n) is 4.73. The van der Waals surface area contributed by atoms with Crippen LogP contribution >= 0.6 is 11.6 Å². The van der Waals surface area contributed by atoms with Gasteiger partial charge in [-0.2, -0.15) is 15.0 Å². The molecule has 2 aliphatic rings. The molecule has 0 saturated heterocycles. The lowest BCUT2D eigenvalue weighted by Gasteiger charge is -2.33. The summed E-state index contributed by atoms with van der Waals surface area (Å²) in [5.74, 6) is 2.31. The molecule has 1 aromatic carbocycles. The highest BCUT2D eigenvalue weighted by atomic mass is 35.5. The second-order valence-electron chi connectivity index (χ2n) is 9.16. The number of aliphatic hydroxyl groups is 1. The summed E-state index contributed by atoms with van der Waals surface area (Å²) in [5, 5.41) is 17.3. The van der Waals surface area contributed by atoms with E-state index in [4.69, 9.17) is 26.3 Å². The van der Waals surface area contributed by atoms with E-state index in [1.165, 1.54) is 25.7 Å². The molecule has 8 nitrogen and oxygen atoms in total. The molecule has 2 aliphatic carbocycles. The minimum atomic E-state index is -0.197. The van der Waals surface area contributed by atoms with Crippen LogP contribution < -0.4 is 20.3 Å². The molecule has 0 spiro atoms. The summed E-state index contributed by atoms with van der Waals surface area (Å²) in [5.41, 5.74) is 0.779. The fourth-order valence-corrected chi connectivity index (χ4v) is 4.99. The number of aromatic nitrogens is 3. The minimum absolute atomic E-state index is 0.197. The number of aliphatic hydroxyl groups excluding tert-OH is 1. The lowest BCUT2D eigenvalue weighted by atomic mass is 9.92. The largest absolute Gasteiger partial charge is 0.495 e. The maximum absolute atomic E-state index is 9.90. The molecule has 0 amide bonds. The van der Waals surface area contributed by atoms with Gasteiger partial charge in [0.25, 0.3) is 0 Å². The number of nitrogens with one attached hydrogen (secondary N) is 2. The first-order valence-electron chi connectivity index (χ1n) is 12.1. The van der Waals surface area contributed by atoms with E-state index in [0.717, 1.165) is 44.2 Å². The average Bonchev–Trinajstić information content (AvgIpc) is 3.08. The summed E-state index contributed by atoms with van der Waals surface area (Å²) in [7, 11) is 3.62. The summed E-state index contributed by atoms with van der Waals surface area (Å²) in [6, 6.07) is 6.18. The molecular weight excluding hydrogens is 440 g/mol. The molecule has 4 rings (SSSR count). The van der Waals surface area contributed by atoms with Crippen LogP contribution in [0.1, 0.15) is 64.2 Å². The lowest BCUT2D eigenvalue weighted by molar-refractivity contribution is 0.122. The Bertz CT molecular complexity index is 914. The molecule has 1 aromatic heterocycles. The third-order valence-electron chi connectivity index (χ3n) is 6.75. The molecule has 2 saturated carbocycles. The van der Waals surface area contributed by atoms with Gasteiger partial charge in [-0.3, -0.25) is 0 Å². The van der Waals surface area contributed by atoms with Gasteiger partial charge >= 0.3 is 0 Å². The monoisotopic (exact) mass is 474 g/mol. The predicted molar refractivity (Wildman–Crippen MR) is 133 cm³/mol. The van der Waals surface area contributed by atoms with Gasteiger partial charge in [0.05, 0.1) is 18.2 Å². The van der Waals surface area contributed by atoms with E-state index in [1.54, 1.807) is 13.2 Å². The van der Waals surface area contributed by atoms with Crippen molar-refractivity contribution in [2.24, 2.45) is 0 Å². The van der Waals surface area contributed by atoms with Crippen LogP contribution in [-0.2, 0) is 0 Å². The van der Waals surface area contributed by atoms with Crippen LogP contribution in [0.4, 0.5) is 23.5 Å². The Hall–Kier alpha value is -2.32. The molecule has 180 valence electrons. The number of anilines is 4. The van der Waals surface area contributed by atoms with Crippen molar-refractivity contribution in [2.75, 3.05) is 29.7 Å². The van der Waals surface area contributed by atoms with Gasteiger partial charge in [-0.25, -0.2) is 0 Å². The number of nitrogens with zero attached hydrogens (tertiary/aromatic N) is 4. The number of hydrogen-bond acceptors (Lipinski definition) is 8. The van der Waals surface area contributed by atoms with Gasteiger partial charge in [-0.15, -0.1) is 0 Å². The standard InChI is InChI=1S/C24H35ClN6O2/c1-31(18-10-12-19(32)13-11-18)24-29-22(26-16-7-5-3-4-6-8-16)28-23(30-24)27-17-9-14-21(33-2)20(25)15-17/h9,14-16,18-19,32H,3-8,10-13H2,1-2H3,(H2,26,27,28,29,30). The van der Waals surface area contributed by atoms with Gasteiger partial charge in [0.15, 0.2) is 0 Å². The van der Waals surface area contributed by atoms with Gasteiger partial charge in [0.1, 0.15) is 5.75 Å². The highest BCUT2D eigenvalue weighted by Gasteiger charge is 2.25. The maximum Gasteiger partial charge on any atom is 0.233 e. The van der Waals surface area contributed by atoms with E-state index in [9.17, 15) is 5.11 Å². The first-order valence-corrected chi connectivity index (χ1v) is 12.4. The molecule has 0 unspecified atom stereocenters. The van der Waals surface area contributed by atoms with Crippen LogP contribution in [0, 0.1) is 0 Å². The molecule has 33 heavy (non-hydrogen) atoms. The van der Waals surface area contributed by atoms with E-state index in [-0.39, 0.29) is 6.10 Å². The van der Waals surface area contributed by atoms with Gasteiger partial charge in [-0.05, 0) is 56.7 Å². The molecule has 0 atom stereocenters. The van der Waals surface area contributed by atoms with Crippen molar-refractivity contribution in [3.63, 3.8) is 0 Å². The predicted octanol–water partition coefficient (Wildman–Crippen LogP) is 5.15. The maximum atomic E-state index is 9.90. The Kier molecular flexibility index (Phi) is 8.09. The smallest absolute Gasteiger partial charge is 0.233 e. The van der Waals surface area contributed by atoms with Crippen LogP contribution in [0.15, 0.2) is 18.2 Å². The quantitative estimate of drug-likeness (QED) is 0.474. The number of halogens is 1. The number of benzene rings is 1. The second-order valence-corrected chi connectivity index (χ2v) is 9.57. The molecule has 9 heteroatoms. The van der Waals surface area contributed by atoms with Gasteiger partial charge in [0, 0.05) is 24.8 Å². The van der Waals surface area contributed by atoms with Crippen LogP contribution in [-0.4, -0.2) is 52.4 Å². The van der Waals surface area contributed by atoms with Crippen molar-refractivity contribution in [3.8, 4) is 5.75 Å². The highest BCUT2D eigenvalue weighted by molar-refractivity contribution is 6.32. The normalized spacial score (nSPS) is 21.8. The lowest BCUT2D eigenvalue weighted by Crippen LogP contribution is -2.37. The van der Waals surface area contributed by atoms with E-state index in [0.29, 0.717) is 40.7 Å². The van der Waals surface area contributed by atoms with Crippen molar-refractivity contribution in [1.29, 1.82) is 0 Å². The summed E-state index contributed by atoms with van der Waals surface area (Å²) in [6.45, 7) is 0. The van der Waals surface area contributed by atoms with Gasteiger partial charge < -0.3 is 25.4 Å².